The van der Waals surface area contributed by atoms with Crippen LogP contribution in [0.3, 0.4) is 0 Å². The second-order valence-corrected chi connectivity index (χ2v) is 28.4. The van der Waals surface area contributed by atoms with E-state index in [9.17, 15) is 55.1 Å². The van der Waals surface area contributed by atoms with Crippen molar-refractivity contribution in [2.24, 2.45) is 0 Å². The second kappa shape index (κ2) is 34.9. The highest BCUT2D eigenvalue weighted by Gasteiger charge is 2.50. The van der Waals surface area contributed by atoms with Gasteiger partial charge in [0.1, 0.15) is 37.1 Å². The maximum atomic E-state index is 15.0. The molecule has 564 valence electrons. The van der Waals surface area contributed by atoms with Crippen LogP contribution in [0.5, 0.6) is 17.2 Å². The van der Waals surface area contributed by atoms with Crippen molar-refractivity contribution in [3.63, 3.8) is 0 Å². The molecule has 6 amide bonds. The van der Waals surface area contributed by atoms with E-state index in [2.05, 4.69) is 0 Å². The molecule has 2 unspecified atom stereocenters. The third kappa shape index (κ3) is 19.3. The highest BCUT2D eigenvalue weighted by atomic mass is 19.4. The molecule has 2 fully saturated rings. The molecule has 4 aliphatic rings. The van der Waals surface area contributed by atoms with Crippen molar-refractivity contribution in [1.82, 2.24) is 19.6 Å². The monoisotopic (exact) mass is 1460 g/mol. The molecule has 23 heteroatoms. The summed E-state index contributed by atoms with van der Waals surface area (Å²) < 4.78 is 119. The van der Waals surface area contributed by atoms with Crippen molar-refractivity contribution in [2.75, 3.05) is 42.6 Å². The van der Waals surface area contributed by atoms with E-state index in [0.29, 0.717) is 18.6 Å². The number of benzene rings is 7. The van der Waals surface area contributed by atoms with Gasteiger partial charge in [-0.2, -0.15) is 26.3 Å². The molecule has 2 aliphatic heterocycles. The normalized spacial score (nSPS) is 17.6. The number of fused-ring (bicyclic) bond motifs is 2. The molecule has 2 heterocycles. The Balaban J connectivity index is 0.000000228. The zero-order chi connectivity index (χ0) is 75.9. The first kappa shape index (κ1) is 78.5. The lowest BCUT2D eigenvalue weighted by Crippen LogP contribution is -2.59. The summed E-state index contributed by atoms with van der Waals surface area (Å²) in [7, 11) is 0. The molecule has 7 aromatic rings. The van der Waals surface area contributed by atoms with Crippen molar-refractivity contribution >= 4 is 47.2 Å². The van der Waals surface area contributed by atoms with Crippen molar-refractivity contribution in [3.05, 3.63) is 220 Å². The maximum absolute atomic E-state index is 15.0. The Labute approximate surface area is 616 Å². The number of carbonyl (C=O) groups excluding carboxylic acids is 6. The van der Waals surface area contributed by atoms with Crippen LogP contribution in [0.15, 0.2) is 176 Å². The van der Waals surface area contributed by atoms with Crippen molar-refractivity contribution in [1.29, 1.82) is 0 Å². The lowest BCUT2D eigenvalue weighted by Gasteiger charge is -2.42. The van der Waals surface area contributed by atoms with Crippen molar-refractivity contribution in [2.45, 2.75) is 193 Å². The minimum Gasteiger partial charge on any atom is -0.489 e. The van der Waals surface area contributed by atoms with Crippen LogP contribution >= 0.6 is 0 Å². The summed E-state index contributed by atoms with van der Waals surface area (Å²) in [6.07, 6.45) is -2.44. The lowest BCUT2D eigenvalue weighted by atomic mass is 9.91. The molecule has 106 heavy (non-hydrogen) atoms. The van der Waals surface area contributed by atoms with E-state index in [1.54, 1.807) is 60.9 Å². The van der Waals surface area contributed by atoms with E-state index in [0.717, 1.165) is 97.9 Å². The van der Waals surface area contributed by atoms with Crippen LogP contribution in [0.2, 0.25) is 0 Å². The first-order valence-electron chi connectivity index (χ1n) is 36.5. The first-order valence-corrected chi connectivity index (χ1v) is 36.5. The molecule has 0 N–H and O–H groups in total. The molecule has 0 spiro atoms. The van der Waals surface area contributed by atoms with E-state index in [-0.39, 0.29) is 113 Å². The molecular formula is C83H94F6N6O11. The van der Waals surface area contributed by atoms with Gasteiger partial charge in [0.25, 0.3) is 23.6 Å². The number of halogens is 6. The summed E-state index contributed by atoms with van der Waals surface area (Å²) in [5.41, 5.74) is -3.32. The fraction of sp³-hybridized carbons (Fsp3) is 0.422. The standard InChI is InChI=1S/C44H48F3N3O6.C39H46F3N3O5/c1-31(2)50(34-20-12-6-13-21-34)40(51)36-26-38-39(27-37(36)44(45,46)47)56-43(3,30-55-35-22-14-7-15-23-35)41(52)49(38)25-24-48(28-32-16-8-4-9-17-32)42(53)54-29-33-18-10-5-11-19-33;1-5-38(4)36(47)44(22-21-43(25-28-15-9-6-10-16-28)37(48)49-26-29-17-11-7-12-18-29)33-23-31(32(39(40,41)42)24-34(33)50-38)35(46)45(27(2)3)30-19-13-8-14-20-30/h4-5,7-11,14-19,22-23,26-27,31,34H,6,12-13,20-21,24-25,28-30H2,1-3H3;6-7,9-12,15-18,23-24,27,30H,5,8,13-14,19-22,25-26H2,1-4H3. The predicted octanol–water partition coefficient (Wildman–Crippen LogP) is 17.9. The number of amides is 6. The SMILES string of the molecule is CC(C)N(C(=O)c1cc2c(cc1C(F)(F)F)OC(C)(COc1ccccc1)C(=O)N2CCN(Cc1ccccc1)C(=O)OCc1ccccc1)C1CCCCC1.CCC1(C)Oc2cc(C(F)(F)F)c(C(=O)N(C(C)C)C3CCCCC3)cc2N(CCN(Cc2ccccc2)C(=O)OCc2ccccc2)C1=O. The average Bonchev–Trinajstić information content (AvgIpc) is 0.744. The van der Waals surface area contributed by atoms with E-state index in [1.807, 2.05) is 135 Å². The van der Waals surface area contributed by atoms with Crippen molar-refractivity contribution in [3.8, 4) is 17.2 Å². The molecule has 11 rings (SSSR count). The van der Waals surface area contributed by atoms with E-state index < -0.39 is 81.6 Å². The zero-order valence-electron chi connectivity index (χ0n) is 61.1. The Morgan fingerprint density at radius 2 is 0.830 bits per heavy atom. The summed E-state index contributed by atoms with van der Waals surface area (Å²) in [6.45, 7) is 11.7. The highest BCUT2D eigenvalue weighted by molar-refractivity contribution is 6.07. The summed E-state index contributed by atoms with van der Waals surface area (Å²) in [5.74, 6) is -2.51. The summed E-state index contributed by atoms with van der Waals surface area (Å²) in [6, 6.07) is 48.5. The molecule has 17 nitrogen and oxygen atoms in total. The zero-order valence-corrected chi connectivity index (χ0v) is 61.1. The molecule has 2 saturated carbocycles. The number of carbonyl (C=O) groups is 6. The van der Waals surface area contributed by atoms with Gasteiger partial charge in [0.05, 0.1) is 33.6 Å². The Morgan fingerprint density at radius 3 is 1.18 bits per heavy atom. The Morgan fingerprint density at radius 1 is 0.491 bits per heavy atom. The first-order chi connectivity index (χ1) is 50.7. The van der Waals surface area contributed by atoms with Gasteiger partial charge in [0.15, 0.2) is 5.60 Å². The summed E-state index contributed by atoms with van der Waals surface area (Å²) in [5, 5.41) is 0. The number of hydrogen-bond acceptors (Lipinski definition) is 11. The van der Waals surface area contributed by atoms with Crippen LogP contribution in [-0.2, 0) is 57.7 Å². The Kier molecular flexibility index (Phi) is 25.9. The number of nitrogens with zero attached hydrogens (tertiary/aromatic N) is 6. The van der Waals surface area contributed by atoms with E-state index in [4.69, 9.17) is 23.7 Å². The highest BCUT2D eigenvalue weighted by Crippen LogP contribution is 2.48. The number of alkyl halides is 6. The van der Waals surface area contributed by atoms with Gasteiger partial charge in [-0.15, -0.1) is 0 Å². The number of para-hydroxylation sites is 1. The van der Waals surface area contributed by atoms with Crippen LogP contribution in [-0.4, -0.2) is 124 Å². The van der Waals surface area contributed by atoms with Crippen LogP contribution in [0.4, 0.5) is 47.3 Å². The van der Waals surface area contributed by atoms with Crippen molar-refractivity contribution < 1.29 is 78.8 Å². The molecule has 0 aromatic heterocycles. The molecule has 0 bridgehead atoms. The molecule has 0 radical (unpaired) electrons. The van der Waals surface area contributed by atoms with Gasteiger partial charge in [0, 0.05) is 63.4 Å². The van der Waals surface area contributed by atoms with Gasteiger partial charge in [-0.1, -0.05) is 185 Å². The van der Waals surface area contributed by atoms with Gasteiger partial charge in [-0.05, 0) is 132 Å². The lowest BCUT2D eigenvalue weighted by molar-refractivity contribution is -0.140. The quantitative estimate of drug-likeness (QED) is 0.0528. The predicted molar refractivity (Wildman–Crippen MR) is 391 cm³/mol. The number of rotatable bonds is 24. The molecule has 2 atom stereocenters. The summed E-state index contributed by atoms with van der Waals surface area (Å²) >= 11 is 0. The second-order valence-electron chi connectivity index (χ2n) is 28.4. The van der Waals surface area contributed by atoms with Gasteiger partial charge < -0.3 is 53.1 Å². The minimum absolute atomic E-state index is 0.00200. The summed E-state index contributed by atoms with van der Waals surface area (Å²) in [4.78, 5) is 93.1. The maximum Gasteiger partial charge on any atom is 0.417 e. The topological polar surface area (TPSA) is 168 Å². The molecule has 0 saturated heterocycles. The molecule has 2 aliphatic carbocycles. The Bertz CT molecular complexity index is 4130. The Hall–Kier alpha value is -10.1. The van der Waals surface area contributed by atoms with Gasteiger partial charge >= 0.3 is 24.5 Å². The minimum atomic E-state index is -4.92. The fourth-order valence-electron chi connectivity index (χ4n) is 14.2. The fourth-order valence-corrected chi connectivity index (χ4v) is 14.2. The molecular weight excluding hydrogens is 1370 g/mol. The van der Waals surface area contributed by atoms with E-state index >= 15 is 0 Å². The van der Waals surface area contributed by atoms with Gasteiger partial charge in [-0.25, -0.2) is 9.59 Å². The van der Waals surface area contributed by atoms with Crippen LogP contribution in [0.25, 0.3) is 0 Å². The largest absolute Gasteiger partial charge is 0.489 e. The number of anilines is 2. The average molecular weight is 1470 g/mol. The van der Waals surface area contributed by atoms with Crippen LogP contribution in [0, 0.1) is 0 Å². The number of hydrogen-bond donors (Lipinski definition) is 0. The third-order valence-electron chi connectivity index (χ3n) is 19.9. The smallest absolute Gasteiger partial charge is 0.417 e. The van der Waals surface area contributed by atoms with Crippen LogP contribution < -0.4 is 24.0 Å². The molecule has 7 aromatic carbocycles. The van der Waals surface area contributed by atoms with Gasteiger partial charge in [0.2, 0.25) is 5.60 Å². The number of ether oxygens (including phenoxy) is 5. The van der Waals surface area contributed by atoms with Crippen LogP contribution in [0.1, 0.15) is 173 Å². The van der Waals surface area contributed by atoms with Gasteiger partial charge in [-0.3, -0.25) is 19.2 Å². The van der Waals surface area contributed by atoms with E-state index in [1.165, 1.54) is 33.4 Å². The third-order valence-corrected chi connectivity index (χ3v) is 19.9.